The molecular formula is C33H35N3O. The predicted octanol–water partition coefficient (Wildman–Crippen LogP) is 7.42. The van der Waals surface area contributed by atoms with Crippen molar-refractivity contribution >= 4 is 17.7 Å². The van der Waals surface area contributed by atoms with E-state index in [9.17, 15) is 10.1 Å². The molecule has 4 fully saturated rings. The molecule has 7 rings (SSSR count). The van der Waals surface area contributed by atoms with Crippen molar-refractivity contribution in [2.45, 2.75) is 64.7 Å². The Morgan fingerprint density at radius 1 is 0.973 bits per heavy atom. The quantitative estimate of drug-likeness (QED) is 0.299. The molecule has 1 amide bonds. The molecule has 37 heavy (non-hydrogen) atoms. The summed E-state index contributed by atoms with van der Waals surface area (Å²) in [6.45, 7) is 6.11. The van der Waals surface area contributed by atoms with Gasteiger partial charge in [-0.05, 0) is 136 Å². The molecule has 3 aromatic rings. The van der Waals surface area contributed by atoms with E-state index in [4.69, 9.17) is 0 Å². The monoisotopic (exact) mass is 489 g/mol. The molecule has 1 heterocycles. The Morgan fingerprint density at radius 3 is 2.22 bits per heavy atom. The maximum atomic E-state index is 12.8. The number of aromatic nitrogens is 1. The lowest BCUT2D eigenvalue weighted by atomic mass is 9.48. The number of nitrogens with one attached hydrogen (secondary N) is 1. The fourth-order valence-electron chi connectivity index (χ4n) is 7.98. The zero-order valence-corrected chi connectivity index (χ0v) is 22.1. The van der Waals surface area contributed by atoms with E-state index in [1.807, 2.05) is 31.2 Å². The molecule has 4 aliphatic rings. The van der Waals surface area contributed by atoms with Gasteiger partial charge in [0.25, 0.3) is 5.91 Å². The number of anilines is 1. The van der Waals surface area contributed by atoms with Crippen LogP contribution in [-0.2, 0) is 10.2 Å². The standard InChI is InChI=1S/C33H35N3O/c1-21-5-4-6-30(11-21)35-32(37)28(20-34)16-27-12-22(2)36(23(27)3)31-9-7-29(8-10-31)33-17-24-13-25(18-33)15-26(14-24)19-33/h4-12,16,24-26H,13-15,17-19H2,1-3H3,(H,35,37)/b28-16-. The highest BCUT2D eigenvalue weighted by Gasteiger charge is 2.51. The number of amides is 1. The van der Waals surface area contributed by atoms with Gasteiger partial charge in [0, 0.05) is 22.8 Å². The summed E-state index contributed by atoms with van der Waals surface area (Å²) in [4.78, 5) is 12.8. The van der Waals surface area contributed by atoms with Crippen LogP contribution in [0.5, 0.6) is 0 Å². The summed E-state index contributed by atoms with van der Waals surface area (Å²) in [5.41, 5.74) is 7.89. The number of carbonyl (C=O) groups excluding carboxylic acids is 1. The summed E-state index contributed by atoms with van der Waals surface area (Å²) in [7, 11) is 0. The van der Waals surface area contributed by atoms with Crippen LogP contribution in [0.3, 0.4) is 0 Å². The SMILES string of the molecule is Cc1cccc(NC(=O)/C(C#N)=C\c2cc(C)n(-c3ccc(C45CC6CC(CC(C6)C4)C5)cc3)c2C)c1. The first-order valence-electron chi connectivity index (χ1n) is 13.6. The van der Waals surface area contributed by atoms with Crippen molar-refractivity contribution in [3.05, 3.63) is 88.2 Å². The smallest absolute Gasteiger partial charge is 0.266 e. The second kappa shape index (κ2) is 9.06. The molecule has 1 N–H and O–H groups in total. The first kappa shape index (κ1) is 23.8. The van der Waals surface area contributed by atoms with Crippen molar-refractivity contribution in [2.75, 3.05) is 5.32 Å². The van der Waals surface area contributed by atoms with E-state index < -0.39 is 5.91 Å². The molecule has 4 nitrogen and oxygen atoms in total. The Morgan fingerprint density at radius 2 is 1.62 bits per heavy atom. The van der Waals surface area contributed by atoms with Crippen molar-refractivity contribution in [1.29, 1.82) is 5.26 Å². The van der Waals surface area contributed by atoms with Gasteiger partial charge in [0.2, 0.25) is 0 Å². The topological polar surface area (TPSA) is 57.8 Å². The van der Waals surface area contributed by atoms with Crippen LogP contribution in [0.25, 0.3) is 11.8 Å². The number of benzene rings is 2. The van der Waals surface area contributed by atoms with E-state index in [1.54, 1.807) is 6.08 Å². The molecule has 0 saturated heterocycles. The highest BCUT2D eigenvalue weighted by atomic mass is 16.1. The maximum absolute atomic E-state index is 12.8. The third-order valence-electron chi connectivity index (χ3n) is 9.19. The number of nitrogens with zero attached hydrogens (tertiary/aromatic N) is 2. The summed E-state index contributed by atoms with van der Waals surface area (Å²) < 4.78 is 2.22. The van der Waals surface area contributed by atoms with Gasteiger partial charge in [-0.3, -0.25) is 4.79 Å². The Labute approximate surface area is 220 Å². The Kier molecular flexibility index (Phi) is 5.83. The largest absolute Gasteiger partial charge is 0.321 e. The van der Waals surface area contributed by atoms with E-state index in [-0.39, 0.29) is 5.57 Å². The van der Waals surface area contributed by atoms with E-state index >= 15 is 0 Å². The van der Waals surface area contributed by atoms with Gasteiger partial charge in [-0.2, -0.15) is 5.26 Å². The highest BCUT2D eigenvalue weighted by Crippen LogP contribution is 2.60. The van der Waals surface area contributed by atoms with Crippen molar-refractivity contribution in [3.8, 4) is 11.8 Å². The second-order valence-electron chi connectivity index (χ2n) is 11.9. The summed E-state index contributed by atoms with van der Waals surface area (Å²) in [6, 6.07) is 21.0. The van der Waals surface area contributed by atoms with Crippen LogP contribution in [0.1, 0.15) is 66.6 Å². The first-order chi connectivity index (χ1) is 17.8. The van der Waals surface area contributed by atoms with Gasteiger partial charge < -0.3 is 9.88 Å². The Balaban J connectivity index is 1.25. The van der Waals surface area contributed by atoms with Gasteiger partial charge in [-0.1, -0.05) is 24.3 Å². The second-order valence-corrected chi connectivity index (χ2v) is 11.9. The van der Waals surface area contributed by atoms with Gasteiger partial charge >= 0.3 is 0 Å². The van der Waals surface area contributed by atoms with Crippen LogP contribution in [0.15, 0.2) is 60.2 Å². The lowest BCUT2D eigenvalue weighted by Gasteiger charge is -2.57. The lowest BCUT2D eigenvalue weighted by molar-refractivity contribution is -0.112. The molecule has 4 heteroatoms. The molecule has 4 bridgehead atoms. The van der Waals surface area contributed by atoms with Crippen LogP contribution < -0.4 is 5.32 Å². The van der Waals surface area contributed by atoms with E-state index in [0.717, 1.165) is 46.0 Å². The Bertz CT molecular complexity index is 1400. The number of hydrogen-bond acceptors (Lipinski definition) is 2. The van der Waals surface area contributed by atoms with Crippen LogP contribution in [0.2, 0.25) is 0 Å². The summed E-state index contributed by atoms with van der Waals surface area (Å²) >= 11 is 0. The lowest BCUT2D eigenvalue weighted by Crippen LogP contribution is -2.48. The molecule has 0 aliphatic heterocycles. The fourth-order valence-corrected chi connectivity index (χ4v) is 7.98. The van der Waals surface area contributed by atoms with Crippen molar-refractivity contribution in [2.24, 2.45) is 17.8 Å². The van der Waals surface area contributed by atoms with E-state index in [2.05, 4.69) is 60.1 Å². The zero-order valence-electron chi connectivity index (χ0n) is 22.1. The average molecular weight is 490 g/mol. The molecule has 0 spiro atoms. The van der Waals surface area contributed by atoms with Crippen LogP contribution in [0.4, 0.5) is 5.69 Å². The van der Waals surface area contributed by atoms with Crippen molar-refractivity contribution in [3.63, 3.8) is 0 Å². The third-order valence-corrected chi connectivity index (χ3v) is 9.19. The Hall–Kier alpha value is -3.58. The van der Waals surface area contributed by atoms with Gasteiger partial charge in [0.15, 0.2) is 0 Å². The fraction of sp³-hybridized carbons (Fsp3) is 0.394. The summed E-state index contributed by atoms with van der Waals surface area (Å²) in [6.07, 6.45) is 10.2. The molecule has 188 valence electrons. The van der Waals surface area contributed by atoms with Crippen molar-refractivity contribution in [1.82, 2.24) is 4.57 Å². The highest BCUT2D eigenvalue weighted by molar-refractivity contribution is 6.09. The van der Waals surface area contributed by atoms with Gasteiger partial charge in [-0.15, -0.1) is 0 Å². The number of hydrogen-bond donors (Lipinski definition) is 1. The number of nitriles is 1. The normalized spacial score (nSPS) is 26.2. The third kappa shape index (κ3) is 4.31. The van der Waals surface area contributed by atoms with E-state index in [0.29, 0.717) is 11.1 Å². The molecule has 1 aromatic heterocycles. The minimum absolute atomic E-state index is 0.0962. The first-order valence-corrected chi connectivity index (χ1v) is 13.6. The van der Waals surface area contributed by atoms with Gasteiger partial charge in [0.05, 0.1) is 0 Å². The molecule has 0 unspecified atom stereocenters. The summed E-state index contributed by atoms with van der Waals surface area (Å²) in [5, 5.41) is 12.6. The van der Waals surface area contributed by atoms with Gasteiger partial charge in [-0.25, -0.2) is 0 Å². The van der Waals surface area contributed by atoms with Crippen LogP contribution in [-0.4, -0.2) is 10.5 Å². The van der Waals surface area contributed by atoms with Gasteiger partial charge in [0.1, 0.15) is 11.6 Å². The van der Waals surface area contributed by atoms with Crippen LogP contribution >= 0.6 is 0 Å². The van der Waals surface area contributed by atoms with Crippen molar-refractivity contribution < 1.29 is 4.79 Å². The molecular weight excluding hydrogens is 454 g/mol. The summed E-state index contributed by atoms with van der Waals surface area (Å²) in [5.74, 6) is 2.42. The van der Waals surface area contributed by atoms with E-state index in [1.165, 1.54) is 44.1 Å². The number of carbonyl (C=O) groups is 1. The molecule has 0 radical (unpaired) electrons. The minimum atomic E-state index is -0.391. The zero-order chi connectivity index (χ0) is 25.7. The predicted molar refractivity (Wildman–Crippen MR) is 148 cm³/mol. The maximum Gasteiger partial charge on any atom is 0.266 e. The molecule has 4 aliphatic carbocycles. The minimum Gasteiger partial charge on any atom is -0.321 e. The molecule has 2 aromatic carbocycles. The molecule has 0 atom stereocenters. The number of rotatable bonds is 5. The molecule has 4 saturated carbocycles. The van der Waals surface area contributed by atoms with Crippen LogP contribution in [0, 0.1) is 49.9 Å². The average Bonchev–Trinajstić information content (AvgIpc) is 3.14. The number of aryl methyl sites for hydroxylation is 2.